The third-order valence-electron chi connectivity index (χ3n) is 6.32. The van der Waals surface area contributed by atoms with Crippen molar-refractivity contribution in [2.75, 3.05) is 26.9 Å². The van der Waals surface area contributed by atoms with Crippen molar-refractivity contribution in [3.63, 3.8) is 0 Å². The minimum absolute atomic E-state index is 0.576. The van der Waals surface area contributed by atoms with Gasteiger partial charge < -0.3 is 79.5 Å². The van der Waals surface area contributed by atoms with Crippen molar-refractivity contribution in [1.29, 1.82) is 0 Å². The number of aliphatic hydroxyl groups is 10. The predicted octanol–water partition coefficient (Wildman–Crippen LogP) is -6.92. The molecule has 3 saturated heterocycles. The highest BCUT2D eigenvalue weighted by Crippen LogP contribution is 2.30. The molecular formula is C19H34O16. The lowest BCUT2D eigenvalue weighted by molar-refractivity contribution is -0.363. The molecule has 35 heavy (non-hydrogen) atoms. The van der Waals surface area contributed by atoms with Gasteiger partial charge >= 0.3 is 0 Å². The van der Waals surface area contributed by atoms with E-state index in [1.54, 1.807) is 0 Å². The van der Waals surface area contributed by atoms with E-state index in [1.807, 2.05) is 0 Å². The summed E-state index contributed by atoms with van der Waals surface area (Å²) in [4.78, 5) is 0. The molecule has 206 valence electrons. The van der Waals surface area contributed by atoms with Crippen LogP contribution in [-0.4, -0.2) is 170 Å². The molecule has 3 rings (SSSR count). The Balaban J connectivity index is 1.69. The predicted molar refractivity (Wildman–Crippen MR) is 106 cm³/mol. The van der Waals surface area contributed by atoms with Gasteiger partial charge in [-0.1, -0.05) is 0 Å². The molecule has 3 fully saturated rings. The number of hydrogen-bond acceptors (Lipinski definition) is 16. The lowest BCUT2D eigenvalue weighted by atomic mass is 9.96. The molecule has 0 aromatic rings. The van der Waals surface area contributed by atoms with E-state index in [0.29, 0.717) is 0 Å². The van der Waals surface area contributed by atoms with Crippen molar-refractivity contribution in [2.24, 2.45) is 0 Å². The maximum atomic E-state index is 10.4. The number of methoxy groups -OCH3 is 1. The van der Waals surface area contributed by atoms with E-state index in [9.17, 15) is 51.1 Å². The van der Waals surface area contributed by atoms with Crippen molar-refractivity contribution in [3.05, 3.63) is 0 Å². The van der Waals surface area contributed by atoms with Gasteiger partial charge in [-0.05, 0) is 0 Å². The minimum atomic E-state index is -1.81. The maximum Gasteiger partial charge on any atom is 0.187 e. The van der Waals surface area contributed by atoms with Gasteiger partial charge in [0.05, 0.1) is 19.8 Å². The summed E-state index contributed by atoms with van der Waals surface area (Å²) in [5.74, 6) is 0. The second-order valence-corrected chi connectivity index (χ2v) is 8.58. The largest absolute Gasteiger partial charge is 0.394 e. The molecule has 0 radical (unpaired) electrons. The zero-order valence-electron chi connectivity index (χ0n) is 18.7. The normalized spacial score (nSPS) is 51.3. The van der Waals surface area contributed by atoms with E-state index in [2.05, 4.69) is 0 Å². The summed E-state index contributed by atoms with van der Waals surface area (Å²) in [5, 5.41) is 99.6. The van der Waals surface area contributed by atoms with Crippen molar-refractivity contribution >= 4 is 0 Å². The first-order chi connectivity index (χ1) is 16.5. The zero-order chi connectivity index (χ0) is 26.0. The number of hydrogen-bond donors (Lipinski definition) is 10. The van der Waals surface area contributed by atoms with Gasteiger partial charge in [-0.3, -0.25) is 0 Å². The number of rotatable bonds is 8. The molecule has 10 N–H and O–H groups in total. The van der Waals surface area contributed by atoms with Crippen LogP contribution in [0.5, 0.6) is 0 Å². The van der Waals surface area contributed by atoms with E-state index in [0.717, 1.165) is 0 Å². The van der Waals surface area contributed by atoms with Crippen LogP contribution in [0.15, 0.2) is 0 Å². The quantitative estimate of drug-likeness (QED) is 0.143. The topological polar surface area (TPSA) is 258 Å². The Morgan fingerprint density at radius 1 is 0.571 bits per heavy atom. The second-order valence-electron chi connectivity index (χ2n) is 8.58. The summed E-state index contributed by atoms with van der Waals surface area (Å²) in [5.41, 5.74) is 0. The van der Waals surface area contributed by atoms with E-state index < -0.39 is 112 Å². The smallest absolute Gasteiger partial charge is 0.187 e. The summed E-state index contributed by atoms with van der Waals surface area (Å²) >= 11 is 0. The maximum absolute atomic E-state index is 10.4. The first kappa shape index (κ1) is 28.9. The Bertz CT molecular complexity index is 654. The van der Waals surface area contributed by atoms with Crippen molar-refractivity contribution in [2.45, 2.75) is 92.1 Å². The fourth-order valence-electron chi connectivity index (χ4n) is 4.21. The van der Waals surface area contributed by atoms with Gasteiger partial charge in [0.15, 0.2) is 18.9 Å². The summed E-state index contributed by atoms with van der Waals surface area (Å²) in [7, 11) is 1.20. The van der Waals surface area contributed by atoms with Crippen LogP contribution in [0.3, 0.4) is 0 Å². The number of ether oxygens (including phenoxy) is 6. The Labute approximate surface area is 199 Å². The molecule has 0 aromatic carbocycles. The van der Waals surface area contributed by atoms with Gasteiger partial charge in [0.2, 0.25) is 0 Å². The lowest BCUT2D eigenvalue weighted by Gasteiger charge is -2.46. The molecule has 16 heteroatoms. The van der Waals surface area contributed by atoms with Crippen LogP contribution in [0, 0.1) is 0 Å². The Hall–Kier alpha value is -0.640. The zero-order valence-corrected chi connectivity index (χ0v) is 18.7. The molecule has 0 aromatic heterocycles. The van der Waals surface area contributed by atoms with Crippen LogP contribution >= 0.6 is 0 Å². The second kappa shape index (κ2) is 12.3. The molecule has 1 unspecified atom stereocenters. The average molecular weight is 518 g/mol. The lowest BCUT2D eigenvalue weighted by Crippen LogP contribution is -2.65. The van der Waals surface area contributed by atoms with Crippen LogP contribution in [0.2, 0.25) is 0 Å². The molecule has 0 spiro atoms. The highest BCUT2D eigenvalue weighted by atomic mass is 16.7. The first-order valence-electron chi connectivity index (χ1n) is 11.0. The van der Waals surface area contributed by atoms with E-state index in [-0.39, 0.29) is 0 Å². The monoisotopic (exact) mass is 518 g/mol. The van der Waals surface area contributed by atoms with Gasteiger partial charge in [-0.2, -0.15) is 0 Å². The summed E-state index contributed by atoms with van der Waals surface area (Å²) in [6, 6.07) is 0. The van der Waals surface area contributed by atoms with Gasteiger partial charge in [-0.25, -0.2) is 0 Å². The first-order valence-corrected chi connectivity index (χ1v) is 11.0. The van der Waals surface area contributed by atoms with Gasteiger partial charge in [0.1, 0.15) is 73.2 Å². The Morgan fingerprint density at radius 3 is 1.69 bits per heavy atom. The molecule has 0 saturated carbocycles. The molecular weight excluding hydrogens is 484 g/mol. The molecule has 16 nitrogen and oxygen atoms in total. The Morgan fingerprint density at radius 2 is 1.11 bits per heavy atom. The third-order valence-corrected chi connectivity index (χ3v) is 6.32. The SMILES string of the molecule is CO[C@@H]1[C@@H](O[C@@H]2O[C@H](CO[C@@H]3O[C@H](CO)[C@@H](O)[C@H](O)[C@H]3O)[C@@H](O)[C@H](O)[C@H]2O)[C@H](CO)OC(O)[C@@H]1O. The van der Waals surface area contributed by atoms with E-state index >= 15 is 0 Å². The molecule has 0 amide bonds. The summed E-state index contributed by atoms with van der Waals surface area (Å²) in [6.45, 7) is -1.94. The molecule has 3 heterocycles. The van der Waals surface area contributed by atoms with E-state index in [4.69, 9.17) is 28.4 Å². The standard InChI is InChI=1S/C19H34O16/c1-30-16-14(28)17(29)32-6(3-21)15(16)35-19-13(27)11(25)9(23)7(34-19)4-31-18-12(26)10(24)8(22)5(2-20)33-18/h5-29H,2-4H2,1H3/t5-,6+,7-,8-,9-,10+,11+,12-,13-,14-,15+,16+,17?,18-,19+/m1/s1. The minimum Gasteiger partial charge on any atom is -0.394 e. The Kier molecular flexibility index (Phi) is 10.1. The molecule has 3 aliphatic heterocycles. The molecule has 0 aliphatic carbocycles. The van der Waals surface area contributed by atoms with Crippen LogP contribution in [0.4, 0.5) is 0 Å². The average Bonchev–Trinajstić information content (AvgIpc) is 2.85. The summed E-state index contributed by atoms with van der Waals surface area (Å²) in [6.07, 6.45) is -23.3. The fourth-order valence-corrected chi connectivity index (χ4v) is 4.21. The van der Waals surface area contributed by atoms with Crippen LogP contribution in [-0.2, 0) is 28.4 Å². The van der Waals surface area contributed by atoms with Crippen molar-refractivity contribution in [1.82, 2.24) is 0 Å². The molecule has 3 aliphatic rings. The van der Waals surface area contributed by atoms with Gasteiger partial charge in [0.25, 0.3) is 0 Å². The van der Waals surface area contributed by atoms with Gasteiger partial charge in [0, 0.05) is 7.11 Å². The van der Waals surface area contributed by atoms with Crippen molar-refractivity contribution in [3.8, 4) is 0 Å². The van der Waals surface area contributed by atoms with E-state index in [1.165, 1.54) is 7.11 Å². The van der Waals surface area contributed by atoms with Gasteiger partial charge in [-0.15, -0.1) is 0 Å². The third kappa shape index (κ3) is 5.93. The van der Waals surface area contributed by atoms with Crippen LogP contribution in [0.25, 0.3) is 0 Å². The highest BCUT2D eigenvalue weighted by molar-refractivity contribution is 4.95. The molecule has 15 atom stereocenters. The van der Waals surface area contributed by atoms with Crippen LogP contribution < -0.4 is 0 Å². The summed E-state index contributed by atoms with van der Waals surface area (Å²) < 4.78 is 31.9. The van der Waals surface area contributed by atoms with Crippen LogP contribution in [0.1, 0.15) is 0 Å². The van der Waals surface area contributed by atoms with Crippen molar-refractivity contribution < 1.29 is 79.5 Å². The number of aliphatic hydroxyl groups excluding tert-OH is 10. The fraction of sp³-hybridized carbons (Fsp3) is 1.00. The highest BCUT2D eigenvalue weighted by Gasteiger charge is 2.51. The molecule has 0 bridgehead atoms.